The minimum absolute atomic E-state index is 0.0114. The molecule has 0 radical (unpaired) electrons. The van der Waals surface area contributed by atoms with Crippen molar-refractivity contribution in [2.75, 3.05) is 6.61 Å². The predicted octanol–water partition coefficient (Wildman–Crippen LogP) is 3.61. The molecule has 0 saturated carbocycles. The zero-order valence-corrected chi connectivity index (χ0v) is 11.8. The summed E-state index contributed by atoms with van der Waals surface area (Å²) in [6, 6.07) is 12.7. The van der Waals surface area contributed by atoms with Crippen LogP contribution in [0.5, 0.6) is 11.5 Å². The second-order valence-electron chi connectivity index (χ2n) is 4.98. The molecule has 3 nitrogen and oxygen atoms in total. The molecule has 0 saturated heterocycles. The van der Waals surface area contributed by atoms with Gasteiger partial charge in [0.05, 0.1) is 6.61 Å². The molecule has 0 fully saturated rings. The van der Waals surface area contributed by atoms with Crippen molar-refractivity contribution in [1.82, 2.24) is 0 Å². The van der Waals surface area contributed by atoms with Gasteiger partial charge in [0.15, 0.2) is 5.78 Å². The molecule has 0 spiro atoms. The predicted molar refractivity (Wildman–Crippen MR) is 81.7 cm³/mol. The SMILES string of the molecule is CCOc1cccc(/C=C2/Cc3c(O)cccc3C2=O)c1. The molecule has 0 bridgehead atoms. The fourth-order valence-electron chi connectivity index (χ4n) is 2.60. The molecule has 106 valence electrons. The van der Waals surface area contributed by atoms with E-state index in [0.717, 1.165) is 16.9 Å². The lowest BCUT2D eigenvalue weighted by Crippen LogP contribution is -1.95. The van der Waals surface area contributed by atoms with E-state index in [2.05, 4.69) is 0 Å². The van der Waals surface area contributed by atoms with Gasteiger partial charge >= 0.3 is 0 Å². The van der Waals surface area contributed by atoms with Gasteiger partial charge in [0.2, 0.25) is 0 Å². The summed E-state index contributed by atoms with van der Waals surface area (Å²) < 4.78 is 5.46. The molecule has 2 aromatic rings. The second-order valence-corrected chi connectivity index (χ2v) is 4.98. The third-order valence-electron chi connectivity index (χ3n) is 3.56. The highest BCUT2D eigenvalue weighted by Gasteiger charge is 2.26. The van der Waals surface area contributed by atoms with E-state index in [0.29, 0.717) is 24.2 Å². The Morgan fingerprint density at radius 2 is 2.05 bits per heavy atom. The standard InChI is InChI=1S/C18H16O3/c1-2-21-14-6-3-5-12(10-14)9-13-11-16-15(18(13)20)7-4-8-17(16)19/h3-10,19H,2,11H2,1H3/b13-9-. The van der Waals surface area contributed by atoms with Gasteiger partial charge in [-0.2, -0.15) is 0 Å². The molecule has 3 heteroatoms. The van der Waals surface area contributed by atoms with Gasteiger partial charge in [-0.15, -0.1) is 0 Å². The van der Waals surface area contributed by atoms with Crippen LogP contribution in [0, 0.1) is 0 Å². The summed E-state index contributed by atoms with van der Waals surface area (Å²) >= 11 is 0. The number of phenols is 1. The summed E-state index contributed by atoms with van der Waals surface area (Å²) in [5.74, 6) is 0.965. The lowest BCUT2D eigenvalue weighted by Gasteiger charge is -2.03. The maximum absolute atomic E-state index is 12.4. The molecule has 0 heterocycles. The van der Waals surface area contributed by atoms with Gasteiger partial charge in [-0.1, -0.05) is 24.3 Å². The van der Waals surface area contributed by atoms with Gasteiger partial charge in [0.25, 0.3) is 0 Å². The first-order valence-corrected chi connectivity index (χ1v) is 6.98. The number of ketones is 1. The Bertz CT molecular complexity index is 729. The van der Waals surface area contributed by atoms with Crippen LogP contribution < -0.4 is 4.74 Å². The number of hydrogen-bond donors (Lipinski definition) is 1. The van der Waals surface area contributed by atoms with Crippen molar-refractivity contribution in [3.63, 3.8) is 0 Å². The molecular weight excluding hydrogens is 264 g/mol. The average molecular weight is 280 g/mol. The van der Waals surface area contributed by atoms with Crippen LogP contribution in [0.4, 0.5) is 0 Å². The van der Waals surface area contributed by atoms with Crippen molar-refractivity contribution in [2.24, 2.45) is 0 Å². The summed E-state index contributed by atoms with van der Waals surface area (Å²) in [6.45, 7) is 2.54. The average Bonchev–Trinajstić information content (AvgIpc) is 2.79. The summed E-state index contributed by atoms with van der Waals surface area (Å²) in [6.07, 6.45) is 2.34. The highest BCUT2D eigenvalue weighted by molar-refractivity contribution is 6.16. The van der Waals surface area contributed by atoms with Crippen LogP contribution in [-0.2, 0) is 6.42 Å². The van der Waals surface area contributed by atoms with Crippen molar-refractivity contribution < 1.29 is 14.6 Å². The van der Waals surface area contributed by atoms with Crippen molar-refractivity contribution >= 4 is 11.9 Å². The molecule has 2 aromatic carbocycles. The number of rotatable bonds is 3. The van der Waals surface area contributed by atoms with Crippen LogP contribution in [0.25, 0.3) is 6.08 Å². The molecule has 0 aromatic heterocycles. The third-order valence-corrected chi connectivity index (χ3v) is 3.56. The molecule has 0 aliphatic heterocycles. The molecule has 21 heavy (non-hydrogen) atoms. The number of fused-ring (bicyclic) bond motifs is 1. The van der Waals surface area contributed by atoms with E-state index in [1.807, 2.05) is 37.3 Å². The minimum atomic E-state index is -0.0114. The highest BCUT2D eigenvalue weighted by Crippen LogP contribution is 2.33. The Labute approximate surface area is 123 Å². The number of ether oxygens (including phenoxy) is 1. The Kier molecular flexibility index (Phi) is 3.48. The molecule has 0 unspecified atom stereocenters. The number of Topliss-reactive ketones (excluding diaryl/α,β-unsaturated/α-hetero) is 1. The lowest BCUT2D eigenvalue weighted by molar-refractivity contribution is 0.104. The van der Waals surface area contributed by atoms with E-state index in [9.17, 15) is 9.90 Å². The zero-order valence-electron chi connectivity index (χ0n) is 11.8. The van der Waals surface area contributed by atoms with Crippen LogP contribution in [0.3, 0.4) is 0 Å². The lowest BCUT2D eigenvalue weighted by atomic mass is 10.1. The summed E-state index contributed by atoms with van der Waals surface area (Å²) in [5, 5.41) is 9.85. The first kappa shape index (κ1) is 13.4. The van der Waals surface area contributed by atoms with Crippen LogP contribution in [-0.4, -0.2) is 17.5 Å². The van der Waals surface area contributed by atoms with E-state index < -0.39 is 0 Å². The molecule has 0 amide bonds. The fraction of sp³-hybridized carbons (Fsp3) is 0.167. The minimum Gasteiger partial charge on any atom is -0.508 e. The van der Waals surface area contributed by atoms with Gasteiger partial charge in [-0.3, -0.25) is 4.79 Å². The Hall–Kier alpha value is -2.55. The van der Waals surface area contributed by atoms with E-state index in [-0.39, 0.29) is 11.5 Å². The van der Waals surface area contributed by atoms with Gasteiger partial charge in [-0.25, -0.2) is 0 Å². The summed E-state index contributed by atoms with van der Waals surface area (Å²) in [7, 11) is 0. The van der Waals surface area contributed by atoms with Crippen LogP contribution >= 0.6 is 0 Å². The molecule has 1 aliphatic carbocycles. The number of hydrogen-bond acceptors (Lipinski definition) is 3. The van der Waals surface area contributed by atoms with E-state index in [4.69, 9.17) is 4.74 Å². The van der Waals surface area contributed by atoms with Crippen LogP contribution in [0.2, 0.25) is 0 Å². The van der Waals surface area contributed by atoms with Crippen molar-refractivity contribution in [1.29, 1.82) is 0 Å². The van der Waals surface area contributed by atoms with Crippen molar-refractivity contribution in [2.45, 2.75) is 13.3 Å². The number of benzene rings is 2. The molecule has 1 aliphatic rings. The monoisotopic (exact) mass is 280 g/mol. The van der Waals surface area contributed by atoms with E-state index >= 15 is 0 Å². The van der Waals surface area contributed by atoms with E-state index in [1.54, 1.807) is 18.2 Å². The molecule has 0 atom stereocenters. The van der Waals surface area contributed by atoms with Crippen molar-refractivity contribution in [3.8, 4) is 11.5 Å². The molecule has 3 rings (SSSR count). The summed E-state index contributed by atoms with van der Waals surface area (Å²) in [5.41, 5.74) is 2.94. The largest absolute Gasteiger partial charge is 0.508 e. The quantitative estimate of drug-likeness (QED) is 0.874. The molecular formula is C18H16O3. The first-order chi connectivity index (χ1) is 10.2. The number of allylic oxidation sites excluding steroid dienone is 1. The molecule has 1 N–H and O–H groups in total. The second kappa shape index (κ2) is 5.44. The maximum atomic E-state index is 12.4. The van der Waals surface area contributed by atoms with Gasteiger partial charge in [0.1, 0.15) is 11.5 Å². The smallest absolute Gasteiger partial charge is 0.189 e. The Balaban J connectivity index is 1.94. The maximum Gasteiger partial charge on any atom is 0.189 e. The normalized spacial score (nSPS) is 15.3. The van der Waals surface area contributed by atoms with Crippen LogP contribution in [0.1, 0.15) is 28.4 Å². The highest BCUT2D eigenvalue weighted by atomic mass is 16.5. The Morgan fingerprint density at radius 3 is 2.81 bits per heavy atom. The third kappa shape index (κ3) is 2.55. The number of aromatic hydroxyl groups is 1. The first-order valence-electron chi connectivity index (χ1n) is 6.98. The Morgan fingerprint density at radius 1 is 1.24 bits per heavy atom. The fourth-order valence-corrected chi connectivity index (χ4v) is 2.60. The zero-order chi connectivity index (χ0) is 14.8. The summed E-state index contributed by atoms with van der Waals surface area (Å²) in [4.78, 5) is 12.4. The van der Waals surface area contributed by atoms with Gasteiger partial charge < -0.3 is 9.84 Å². The number of phenolic OH excluding ortho intramolecular Hbond substituents is 1. The van der Waals surface area contributed by atoms with Gasteiger partial charge in [-0.05, 0) is 36.8 Å². The topological polar surface area (TPSA) is 46.5 Å². The van der Waals surface area contributed by atoms with Gasteiger partial charge in [0, 0.05) is 23.1 Å². The van der Waals surface area contributed by atoms with Crippen LogP contribution in [0.15, 0.2) is 48.0 Å². The van der Waals surface area contributed by atoms with E-state index in [1.165, 1.54) is 0 Å². The number of carbonyl (C=O) groups is 1. The number of carbonyl (C=O) groups excluding carboxylic acids is 1. The van der Waals surface area contributed by atoms with Crippen molar-refractivity contribution in [3.05, 3.63) is 64.7 Å².